The van der Waals surface area contributed by atoms with Crippen molar-refractivity contribution < 1.29 is 18.3 Å². The molecule has 9 heteroatoms. The Hall–Kier alpha value is -2.23. The number of aromatic nitrogens is 2. The van der Waals surface area contributed by atoms with E-state index >= 15 is 0 Å². The van der Waals surface area contributed by atoms with Crippen LogP contribution >= 0.6 is 0 Å². The number of sulfonamides is 1. The van der Waals surface area contributed by atoms with Crippen molar-refractivity contribution in [3.05, 3.63) is 36.0 Å². The molecule has 0 amide bonds. The SMILES string of the molecule is Cc1cnc(Nc2ccc(S(=O)(=O)NC3CC3)cc2)nc1O[C@H]1CCC[C@H]1O. The Kier molecular flexibility index (Phi) is 5.22. The summed E-state index contributed by atoms with van der Waals surface area (Å²) in [6.45, 7) is 1.85. The van der Waals surface area contributed by atoms with Crippen LogP contribution in [0.4, 0.5) is 11.6 Å². The van der Waals surface area contributed by atoms with Crippen molar-refractivity contribution in [1.29, 1.82) is 0 Å². The number of hydrogen-bond donors (Lipinski definition) is 3. The smallest absolute Gasteiger partial charge is 0.240 e. The minimum absolute atomic E-state index is 0.0700. The van der Waals surface area contributed by atoms with Gasteiger partial charge in [-0.15, -0.1) is 0 Å². The van der Waals surface area contributed by atoms with Gasteiger partial charge in [0.15, 0.2) is 0 Å². The minimum atomic E-state index is -3.47. The number of rotatable bonds is 7. The Morgan fingerprint density at radius 2 is 1.89 bits per heavy atom. The summed E-state index contributed by atoms with van der Waals surface area (Å²) in [7, 11) is -3.47. The van der Waals surface area contributed by atoms with Crippen molar-refractivity contribution in [2.45, 2.75) is 62.2 Å². The van der Waals surface area contributed by atoms with Gasteiger partial charge in [0.25, 0.3) is 0 Å². The topological polar surface area (TPSA) is 113 Å². The third-order valence-corrected chi connectivity index (χ3v) is 6.46. The fourth-order valence-electron chi connectivity index (χ4n) is 3.13. The molecule has 1 aromatic carbocycles. The number of ether oxygens (including phenoxy) is 1. The van der Waals surface area contributed by atoms with Gasteiger partial charge in [0.05, 0.1) is 11.0 Å². The molecule has 28 heavy (non-hydrogen) atoms. The molecule has 0 unspecified atom stereocenters. The maximum atomic E-state index is 12.2. The minimum Gasteiger partial charge on any atom is -0.471 e. The Bertz CT molecular complexity index is 945. The first-order valence-corrected chi connectivity index (χ1v) is 11.0. The summed E-state index contributed by atoms with van der Waals surface area (Å²) in [5.74, 6) is 0.788. The van der Waals surface area contributed by atoms with E-state index in [0.717, 1.165) is 37.7 Å². The molecular weight excluding hydrogens is 380 g/mol. The molecule has 0 aliphatic heterocycles. The van der Waals surface area contributed by atoms with Gasteiger partial charge in [-0.1, -0.05) is 0 Å². The van der Waals surface area contributed by atoms with Crippen LogP contribution in [0.25, 0.3) is 0 Å². The number of hydrogen-bond acceptors (Lipinski definition) is 7. The quantitative estimate of drug-likeness (QED) is 0.649. The van der Waals surface area contributed by atoms with Crippen LogP contribution in [-0.2, 0) is 10.0 Å². The van der Waals surface area contributed by atoms with Crippen molar-refractivity contribution >= 4 is 21.7 Å². The molecule has 1 heterocycles. The van der Waals surface area contributed by atoms with Gasteiger partial charge in [0, 0.05) is 23.5 Å². The third-order valence-electron chi connectivity index (χ3n) is 4.93. The number of aliphatic hydroxyl groups is 1. The zero-order chi connectivity index (χ0) is 19.7. The van der Waals surface area contributed by atoms with E-state index in [1.54, 1.807) is 30.5 Å². The van der Waals surface area contributed by atoms with Crippen LogP contribution < -0.4 is 14.8 Å². The first-order chi connectivity index (χ1) is 13.4. The van der Waals surface area contributed by atoms with E-state index in [1.165, 1.54) is 0 Å². The lowest BCUT2D eigenvalue weighted by Crippen LogP contribution is -2.26. The van der Waals surface area contributed by atoms with Gasteiger partial charge in [-0.2, -0.15) is 4.98 Å². The molecule has 0 spiro atoms. The van der Waals surface area contributed by atoms with Gasteiger partial charge in [0.1, 0.15) is 6.10 Å². The second-order valence-electron chi connectivity index (χ2n) is 7.38. The molecule has 2 aliphatic carbocycles. The zero-order valence-corrected chi connectivity index (χ0v) is 16.4. The average Bonchev–Trinajstić information content (AvgIpc) is 3.38. The number of nitrogens with zero attached hydrogens (tertiary/aromatic N) is 2. The van der Waals surface area contributed by atoms with Crippen molar-refractivity contribution in [3.8, 4) is 5.88 Å². The predicted molar refractivity (Wildman–Crippen MR) is 104 cm³/mol. The number of anilines is 2. The molecule has 2 aliphatic rings. The highest BCUT2D eigenvalue weighted by atomic mass is 32.2. The molecule has 3 N–H and O–H groups in total. The first-order valence-electron chi connectivity index (χ1n) is 9.48. The molecule has 2 saturated carbocycles. The molecule has 2 atom stereocenters. The van der Waals surface area contributed by atoms with E-state index in [9.17, 15) is 13.5 Å². The van der Waals surface area contributed by atoms with Crippen molar-refractivity contribution in [3.63, 3.8) is 0 Å². The summed E-state index contributed by atoms with van der Waals surface area (Å²) < 4.78 is 33.0. The highest BCUT2D eigenvalue weighted by Crippen LogP contribution is 2.27. The van der Waals surface area contributed by atoms with E-state index in [2.05, 4.69) is 20.0 Å². The molecule has 0 radical (unpaired) electrons. The Labute approximate surface area is 164 Å². The van der Waals surface area contributed by atoms with Crippen LogP contribution in [0.15, 0.2) is 35.4 Å². The zero-order valence-electron chi connectivity index (χ0n) is 15.6. The van der Waals surface area contributed by atoms with Crippen molar-refractivity contribution in [2.24, 2.45) is 0 Å². The van der Waals surface area contributed by atoms with Gasteiger partial charge >= 0.3 is 0 Å². The van der Waals surface area contributed by atoms with Gasteiger partial charge in [-0.3, -0.25) is 0 Å². The molecule has 4 rings (SSSR count). The van der Waals surface area contributed by atoms with Crippen LogP contribution in [0.5, 0.6) is 5.88 Å². The third kappa shape index (κ3) is 4.43. The normalized spacial score (nSPS) is 22.2. The average molecular weight is 404 g/mol. The lowest BCUT2D eigenvalue weighted by molar-refractivity contribution is 0.0569. The Morgan fingerprint density at radius 1 is 1.14 bits per heavy atom. The van der Waals surface area contributed by atoms with Crippen LogP contribution in [0.3, 0.4) is 0 Å². The van der Waals surface area contributed by atoms with E-state index in [1.807, 2.05) is 6.92 Å². The van der Waals surface area contributed by atoms with Crippen LogP contribution in [0, 0.1) is 6.92 Å². The van der Waals surface area contributed by atoms with Crippen LogP contribution in [0.1, 0.15) is 37.7 Å². The Morgan fingerprint density at radius 3 is 2.54 bits per heavy atom. The maximum absolute atomic E-state index is 12.2. The standard InChI is InChI=1S/C19H24N4O4S/c1-12-11-20-19(22-18(12)27-17-4-2-3-16(17)24)21-13-7-9-15(10-8-13)28(25,26)23-14-5-6-14/h7-11,14,16-17,23-24H,2-6H2,1H3,(H,20,21,22)/t16-,17+/m1/s1. The fraction of sp³-hybridized carbons (Fsp3) is 0.474. The molecule has 1 aromatic heterocycles. The van der Waals surface area contributed by atoms with Gasteiger partial charge < -0.3 is 15.2 Å². The van der Waals surface area contributed by atoms with E-state index in [4.69, 9.17) is 4.74 Å². The number of aryl methyl sites for hydroxylation is 1. The summed E-state index contributed by atoms with van der Waals surface area (Å²) >= 11 is 0. The lowest BCUT2D eigenvalue weighted by atomic mass is 10.2. The van der Waals surface area contributed by atoms with Gasteiger partial charge in [0.2, 0.25) is 21.9 Å². The number of nitrogens with one attached hydrogen (secondary N) is 2. The van der Waals surface area contributed by atoms with Crippen molar-refractivity contribution in [1.82, 2.24) is 14.7 Å². The van der Waals surface area contributed by atoms with Crippen LogP contribution in [-0.4, -0.2) is 41.7 Å². The first kappa shape index (κ1) is 19.1. The second-order valence-corrected chi connectivity index (χ2v) is 9.10. The summed E-state index contributed by atoms with van der Waals surface area (Å²) in [6.07, 6.45) is 5.21. The molecule has 2 fully saturated rings. The highest BCUT2D eigenvalue weighted by molar-refractivity contribution is 7.89. The molecule has 0 bridgehead atoms. The number of benzene rings is 1. The maximum Gasteiger partial charge on any atom is 0.240 e. The Balaban J connectivity index is 1.45. The second kappa shape index (κ2) is 7.65. The summed E-state index contributed by atoms with van der Waals surface area (Å²) in [5, 5.41) is 13.0. The largest absolute Gasteiger partial charge is 0.471 e. The fourth-order valence-corrected chi connectivity index (χ4v) is 4.43. The van der Waals surface area contributed by atoms with Gasteiger partial charge in [-0.05, 0) is 63.3 Å². The van der Waals surface area contributed by atoms with Crippen molar-refractivity contribution in [2.75, 3.05) is 5.32 Å². The number of aliphatic hydroxyl groups excluding tert-OH is 1. The monoisotopic (exact) mass is 404 g/mol. The van der Waals surface area contributed by atoms with Crippen LogP contribution in [0.2, 0.25) is 0 Å². The van der Waals surface area contributed by atoms with E-state index < -0.39 is 16.1 Å². The molecule has 0 saturated heterocycles. The molecule has 2 aromatic rings. The lowest BCUT2D eigenvalue weighted by Gasteiger charge is -2.18. The molecule has 150 valence electrons. The highest BCUT2D eigenvalue weighted by Gasteiger charge is 2.29. The summed E-state index contributed by atoms with van der Waals surface area (Å²) in [4.78, 5) is 8.88. The molecule has 8 nitrogen and oxygen atoms in total. The summed E-state index contributed by atoms with van der Waals surface area (Å²) in [6, 6.07) is 6.51. The van der Waals surface area contributed by atoms with Gasteiger partial charge in [-0.25, -0.2) is 18.1 Å². The van der Waals surface area contributed by atoms with E-state index in [-0.39, 0.29) is 17.0 Å². The molecular formula is C19H24N4O4S. The van der Waals surface area contributed by atoms with E-state index in [0.29, 0.717) is 17.5 Å². The predicted octanol–water partition coefficient (Wildman–Crippen LogP) is 2.26. The summed E-state index contributed by atoms with van der Waals surface area (Å²) in [5.41, 5.74) is 1.46.